The van der Waals surface area contributed by atoms with Gasteiger partial charge in [-0.05, 0) is 12.1 Å². The maximum Gasteiger partial charge on any atom is 0.289 e. The van der Waals surface area contributed by atoms with Gasteiger partial charge in [-0.2, -0.15) is 0 Å². The monoisotopic (exact) mass is 268 g/mol. The number of amides is 1. The van der Waals surface area contributed by atoms with Crippen LogP contribution in [0.15, 0.2) is 22.8 Å². The number of carbonyl (C=O) groups excluding carboxylic acids is 1. The van der Waals surface area contributed by atoms with Crippen LogP contribution in [0.4, 0.5) is 0 Å². The van der Waals surface area contributed by atoms with Crippen LogP contribution in [-0.2, 0) is 4.74 Å². The fourth-order valence-corrected chi connectivity index (χ4v) is 2.08. The van der Waals surface area contributed by atoms with Gasteiger partial charge in [-0.3, -0.25) is 9.69 Å². The summed E-state index contributed by atoms with van der Waals surface area (Å²) in [5.41, 5.74) is 0. The zero-order valence-electron chi connectivity index (χ0n) is 11.0. The van der Waals surface area contributed by atoms with Crippen LogP contribution in [0.1, 0.15) is 10.6 Å². The topological polar surface area (TPSA) is 66.2 Å². The van der Waals surface area contributed by atoms with Crippen molar-refractivity contribution < 1.29 is 19.1 Å². The molecule has 19 heavy (non-hydrogen) atoms. The minimum Gasteiger partial charge on any atom is -0.459 e. The lowest BCUT2D eigenvalue weighted by atomic mass is 10.3. The lowest BCUT2D eigenvalue weighted by Crippen LogP contribution is -2.43. The first-order chi connectivity index (χ1) is 9.31. The van der Waals surface area contributed by atoms with Crippen molar-refractivity contribution >= 4 is 5.91 Å². The van der Waals surface area contributed by atoms with Crippen LogP contribution in [0.25, 0.3) is 0 Å². The zero-order valence-corrected chi connectivity index (χ0v) is 11.0. The van der Waals surface area contributed by atoms with Crippen LogP contribution in [0.2, 0.25) is 0 Å². The molecule has 0 unspecified atom stereocenters. The van der Waals surface area contributed by atoms with Gasteiger partial charge in [-0.15, -0.1) is 0 Å². The fourth-order valence-electron chi connectivity index (χ4n) is 2.08. The highest BCUT2D eigenvalue weighted by atomic mass is 16.5. The molecule has 1 fully saturated rings. The van der Waals surface area contributed by atoms with Gasteiger partial charge >= 0.3 is 0 Å². The molecule has 2 heterocycles. The Morgan fingerprint density at radius 2 is 2.16 bits per heavy atom. The van der Waals surface area contributed by atoms with E-state index < -0.39 is 0 Å². The summed E-state index contributed by atoms with van der Waals surface area (Å²) in [6, 6.07) is 3.33. The summed E-state index contributed by atoms with van der Waals surface area (Å²) in [6.45, 7) is 4.91. The standard InChI is InChI=1S/C13H20N2O4/c16-8-5-15(13(17)12-2-1-9-19-12)4-3-14-6-10-18-11-7-14/h1-2,9,16H,3-8,10-11H2. The van der Waals surface area contributed by atoms with E-state index in [-0.39, 0.29) is 12.5 Å². The highest BCUT2D eigenvalue weighted by Gasteiger charge is 2.19. The Balaban J connectivity index is 1.86. The third-order valence-corrected chi connectivity index (χ3v) is 3.18. The quantitative estimate of drug-likeness (QED) is 0.789. The van der Waals surface area contributed by atoms with Gasteiger partial charge in [0.1, 0.15) is 0 Å². The van der Waals surface area contributed by atoms with E-state index in [9.17, 15) is 4.79 Å². The number of hydrogen-bond donors (Lipinski definition) is 1. The molecular weight excluding hydrogens is 248 g/mol. The molecule has 0 bridgehead atoms. The predicted octanol–water partition coefficient (Wildman–Crippen LogP) is 0.0463. The van der Waals surface area contributed by atoms with E-state index in [0.29, 0.717) is 18.8 Å². The number of ether oxygens (including phenoxy) is 1. The summed E-state index contributed by atoms with van der Waals surface area (Å²) < 4.78 is 10.4. The van der Waals surface area contributed by atoms with Crippen molar-refractivity contribution in [1.82, 2.24) is 9.80 Å². The minimum atomic E-state index is -0.174. The molecule has 0 atom stereocenters. The second-order valence-corrected chi connectivity index (χ2v) is 4.45. The molecular formula is C13H20N2O4. The van der Waals surface area contributed by atoms with Crippen molar-refractivity contribution in [1.29, 1.82) is 0 Å². The Morgan fingerprint density at radius 3 is 2.79 bits per heavy atom. The first-order valence-electron chi connectivity index (χ1n) is 6.55. The van der Waals surface area contributed by atoms with Crippen LogP contribution in [0, 0.1) is 0 Å². The second-order valence-electron chi connectivity index (χ2n) is 4.45. The van der Waals surface area contributed by atoms with Crippen molar-refractivity contribution in [3.63, 3.8) is 0 Å². The Labute approximate surface area is 112 Å². The van der Waals surface area contributed by atoms with Crippen molar-refractivity contribution in [2.24, 2.45) is 0 Å². The SMILES string of the molecule is O=C(c1ccco1)N(CCO)CCN1CCOCC1. The summed E-state index contributed by atoms with van der Waals surface area (Å²) in [6.07, 6.45) is 1.48. The molecule has 1 aliphatic rings. The highest BCUT2D eigenvalue weighted by molar-refractivity contribution is 5.91. The number of aliphatic hydroxyl groups excluding tert-OH is 1. The molecule has 1 aliphatic heterocycles. The maximum absolute atomic E-state index is 12.1. The van der Waals surface area contributed by atoms with Gasteiger partial charge in [0.05, 0.1) is 26.1 Å². The van der Waals surface area contributed by atoms with Gasteiger partial charge in [0.15, 0.2) is 5.76 Å². The molecule has 1 amide bonds. The molecule has 0 saturated carbocycles. The second kappa shape index (κ2) is 7.28. The molecule has 0 radical (unpaired) electrons. The molecule has 0 aliphatic carbocycles. The van der Waals surface area contributed by atoms with Crippen molar-refractivity contribution in [3.05, 3.63) is 24.2 Å². The molecule has 6 nitrogen and oxygen atoms in total. The zero-order chi connectivity index (χ0) is 13.5. The van der Waals surface area contributed by atoms with Crippen LogP contribution in [0.5, 0.6) is 0 Å². The number of furan rings is 1. The summed E-state index contributed by atoms with van der Waals surface area (Å²) in [5, 5.41) is 9.06. The third kappa shape index (κ3) is 4.05. The van der Waals surface area contributed by atoms with E-state index in [1.54, 1.807) is 17.0 Å². The Morgan fingerprint density at radius 1 is 1.37 bits per heavy atom. The van der Waals surface area contributed by atoms with E-state index in [0.717, 1.165) is 32.8 Å². The fraction of sp³-hybridized carbons (Fsp3) is 0.615. The van der Waals surface area contributed by atoms with Gasteiger partial charge in [-0.25, -0.2) is 0 Å². The third-order valence-electron chi connectivity index (χ3n) is 3.18. The summed E-state index contributed by atoms with van der Waals surface area (Å²) in [7, 11) is 0. The number of carbonyl (C=O) groups is 1. The molecule has 0 spiro atoms. The lowest BCUT2D eigenvalue weighted by Gasteiger charge is -2.29. The number of morpholine rings is 1. The number of rotatable bonds is 6. The van der Waals surface area contributed by atoms with Crippen LogP contribution in [-0.4, -0.2) is 73.4 Å². The van der Waals surface area contributed by atoms with Gasteiger partial charge in [-0.1, -0.05) is 0 Å². The Kier molecular flexibility index (Phi) is 5.38. The normalized spacial score (nSPS) is 16.5. The van der Waals surface area contributed by atoms with Crippen molar-refractivity contribution in [2.45, 2.75) is 0 Å². The molecule has 1 aromatic rings. The first kappa shape index (κ1) is 14.0. The van der Waals surface area contributed by atoms with E-state index in [2.05, 4.69) is 4.90 Å². The summed E-state index contributed by atoms with van der Waals surface area (Å²) in [4.78, 5) is 16.0. The highest BCUT2D eigenvalue weighted by Crippen LogP contribution is 2.06. The molecule has 0 aromatic carbocycles. The molecule has 2 rings (SSSR count). The number of hydrogen-bond acceptors (Lipinski definition) is 5. The van der Waals surface area contributed by atoms with E-state index in [4.69, 9.17) is 14.3 Å². The molecule has 106 valence electrons. The van der Waals surface area contributed by atoms with E-state index >= 15 is 0 Å². The molecule has 6 heteroatoms. The van der Waals surface area contributed by atoms with Crippen LogP contribution in [0.3, 0.4) is 0 Å². The van der Waals surface area contributed by atoms with Crippen LogP contribution >= 0.6 is 0 Å². The average Bonchev–Trinajstić information content (AvgIpc) is 2.98. The van der Waals surface area contributed by atoms with Gasteiger partial charge in [0.25, 0.3) is 5.91 Å². The van der Waals surface area contributed by atoms with E-state index in [1.807, 2.05) is 0 Å². The Bertz CT molecular complexity index is 374. The molecule has 1 N–H and O–H groups in total. The van der Waals surface area contributed by atoms with Gasteiger partial charge in [0, 0.05) is 32.7 Å². The van der Waals surface area contributed by atoms with Gasteiger partial charge < -0.3 is 19.2 Å². The van der Waals surface area contributed by atoms with Crippen molar-refractivity contribution in [2.75, 3.05) is 52.5 Å². The Hall–Kier alpha value is -1.37. The number of aliphatic hydroxyl groups is 1. The summed E-state index contributed by atoms with van der Waals surface area (Å²) >= 11 is 0. The van der Waals surface area contributed by atoms with E-state index in [1.165, 1.54) is 6.26 Å². The smallest absolute Gasteiger partial charge is 0.289 e. The van der Waals surface area contributed by atoms with Gasteiger partial charge in [0.2, 0.25) is 0 Å². The molecule has 1 saturated heterocycles. The predicted molar refractivity (Wildman–Crippen MR) is 69.0 cm³/mol. The summed E-state index contributed by atoms with van der Waals surface area (Å²) in [5.74, 6) is 0.141. The lowest BCUT2D eigenvalue weighted by molar-refractivity contribution is 0.0311. The maximum atomic E-state index is 12.1. The molecule has 1 aromatic heterocycles. The van der Waals surface area contributed by atoms with Crippen LogP contribution < -0.4 is 0 Å². The average molecular weight is 268 g/mol. The largest absolute Gasteiger partial charge is 0.459 e. The minimum absolute atomic E-state index is 0.0461. The number of nitrogens with zero attached hydrogens (tertiary/aromatic N) is 2. The first-order valence-corrected chi connectivity index (χ1v) is 6.55. The van der Waals surface area contributed by atoms with Crippen molar-refractivity contribution in [3.8, 4) is 0 Å².